The fraction of sp³-hybridized carbons (Fsp3) is 0.500. The highest BCUT2D eigenvalue weighted by Gasteiger charge is 1.93. The molecule has 0 spiro atoms. The first-order valence-corrected chi connectivity index (χ1v) is 3.38. The van der Waals surface area contributed by atoms with Crippen LogP contribution in [0.15, 0.2) is 12.7 Å². The molecule has 0 aliphatic rings. The van der Waals surface area contributed by atoms with Crippen molar-refractivity contribution < 1.29 is 19.5 Å². The molecule has 0 aromatic rings. The van der Waals surface area contributed by atoms with Gasteiger partial charge in [0.15, 0.2) is 0 Å². The summed E-state index contributed by atoms with van der Waals surface area (Å²) in [6, 6.07) is 0. The van der Waals surface area contributed by atoms with E-state index in [-0.39, 0.29) is 6.61 Å². The van der Waals surface area contributed by atoms with Gasteiger partial charge in [-0.25, -0.2) is 0 Å². The fourth-order valence-corrected chi connectivity index (χ4v) is 0.0913. The van der Waals surface area contributed by atoms with Gasteiger partial charge in [0, 0.05) is 11.2 Å². The number of aliphatic hydroxyl groups is 1. The molecule has 0 aliphatic heterocycles. The molecular formula is C4H10O4P+. The van der Waals surface area contributed by atoms with Gasteiger partial charge >= 0.3 is 8.25 Å². The summed E-state index contributed by atoms with van der Waals surface area (Å²) in [5, 5.41) is 8.00. The van der Waals surface area contributed by atoms with Crippen molar-refractivity contribution in [2.75, 3.05) is 6.61 Å². The van der Waals surface area contributed by atoms with Crippen LogP contribution in [-0.2, 0) is 4.57 Å². The van der Waals surface area contributed by atoms with Crippen LogP contribution < -0.4 is 0 Å². The Labute approximate surface area is 54.4 Å². The Morgan fingerprint density at radius 1 is 1.56 bits per heavy atom. The second-order valence-corrected chi connectivity index (χ2v) is 1.56. The van der Waals surface area contributed by atoms with Crippen LogP contribution in [0, 0.1) is 0 Å². The van der Waals surface area contributed by atoms with E-state index in [1.807, 2.05) is 0 Å². The van der Waals surface area contributed by atoms with Gasteiger partial charge in [0.05, 0.1) is 0 Å². The first kappa shape index (κ1) is 11.5. The van der Waals surface area contributed by atoms with Crippen molar-refractivity contribution in [3.8, 4) is 0 Å². The molecule has 0 fully saturated rings. The first-order valence-electron chi connectivity index (χ1n) is 2.22. The second kappa shape index (κ2) is 10.7. The Morgan fingerprint density at radius 3 is 1.89 bits per heavy atom. The van der Waals surface area contributed by atoms with Crippen LogP contribution in [0.1, 0.15) is 6.42 Å². The van der Waals surface area contributed by atoms with Crippen molar-refractivity contribution in [2.45, 2.75) is 6.42 Å². The Bertz CT molecular complexity index is 78.6. The van der Waals surface area contributed by atoms with Gasteiger partial charge in [-0.15, -0.1) is 16.4 Å². The minimum absolute atomic E-state index is 0.226. The number of hydrogen-bond donors (Lipinski definition) is 3. The van der Waals surface area contributed by atoms with Crippen LogP contribution >= 0.6 is 8.25 Å². The smallest absolute Gasteiger partial charge is 0.396 e. The van der Waals surface area contributed by atoms with E-state index < -0.39 is 8.25 Å². The summed E-state index contributed by atoms with van der Waals surface area (Å²) in [7, 11) is -2.87. The summed E-state index contributed by atoms with van der Waals surface area (Å²) < 4.78 is 8.70. The lowest BCUT2D eigenvalue weighted by Gasteiger charge is -1.73. The van der Waals surface area contributed by atoms with Gasteiger partial charge < -0.3 is 5.11 Å². The van der Waals surface area contributed by atoms with Crippen molar-refractivity contribution in [1.82, 2.24) is 0 Å². The van der Waals surface area contributed by atoms with E-state index in [0.29, 0.717) is 6.42 Å². The lowest BCUT2D eigenvalue weighted by molar-refractivity contribution is 0.303. The van der Waals surface area contributed by atoms with Gasteiger partial charge in [-0.3, -0.25) is 0 Å². The minimum Gasteiger partial charge on any atom is -0.396 e. The zero-order chi connectivity index (χ0) is 7.70. The second-order valence-electron chi connectivity index (χ2n) is 1.05. The minimum atomic E-state index is -2.87. The summed E-state index contributed by atoms with van der Waals surface area (Å²) in [4.78, 5) is 14.2. The van der Waals surface area contributed by atoms with Crippen LogP contribution in [0.2, 0.25) is 0 Å². The molecule has 4 nitrogen and oxygen atoms in total. The van der Waals surface area contributed by atoms with Gasteiger partial charge in [-0.1, -0.05) is 6.08 Å². The molecule has 0 heterocycles. The molecule has 3 N–H and O–H groups in total. The molecule has 0 saturated heterocycles. The van der Waals surface area contributed by atoms with E-state index in [1.165, 1.54) is 0 Å². The summed E-state index contributed by atoms with van der Waals surface area (Å²) in [6.45, 7) is 3.62. The summed E-state index contributed by atoms with van der Waals surface area (Å²) in [5.41, 5.74) is 0. The highest BCUT2D eigenvalue weighted by atomic mass is 31.1. The molecule has 0 saturated carbocycles. The van der Waals surface area contributed by atoms with Crippen LogP contribution in [0.3, 0.4) is 0 Å². The van der Waals surface area contributed by atoms with Gasteiger partial charge in [0.2, 0.25) is 0 Å². The average Bonchev–Trinajstić information content (AvgIpc) is 1.66. The van der Waals surface area contributed by atoms with E-state index >= 15 is 0 Å². The van der Waals surface area contributed by atoms with Crippen LogP contribution in [0.4, 0.5) is 0 Å². The van der Waals surface area contributed by atoms with Crippen molar-refractivity contribution in [2.24, 2.45) is 0 Å². The number of rotatable bonds is 2. The Kier molecular flexibility index (Phi) is 13.6. The Balaban J connectivity index is 0. The lowest BCUT2D eigenvalue weighted by Crippen LogP contribution is -1.71. The van der Waals surface area contributed by atoms with Crippen LogP contribution in [0.5, 0.6) is 0 Å². The normalized spacial score (nSPS) is 7.00. The SMILES string of the molecule is C=CCCO.O=[P+](O)O. The van der Waals surface area contributed by atoms with Gasteiger partial charge in [0.25, 0.3) is 0 Å². The molecule has 0 amide bonds. The largest absolute Gasteiger partial charge is 0.692 e. The lowest BCUT2D eigenvalue weighted by atomic mass is 10.5. The molecule has 0 unspecified atom stereocenters. The van der Waals surface area contributed by atoms with Gasteiger partial charge in [-0.2, -0.15) is 0 Å². The molecule has 0 aromatic heterocycles. The predicted molar refractivity (Wildman–Crippen MR) is 33.9 cm³/mol. The van der Waals surface area contributed by atoms with Crippen LogP contribution in [-0.4, -0.2) is 21.5 Å². The molecule has 5 heteroatoms. The molecular weight excluding hydrogens is 143 g/mol. The van der Waals surface area contributed by atoms with Crippen molar-refractivity contribution in [3.63, 3.8) is 0 Å². The third-order valence-corrected chi connectivity index (χ3v) is 0.333. The van der Waals surface area contributed by atoms with E-state index in [4.69, 9.17) is 19.5 Å². The summed E-state index contributed by atoms with van der Waals surface area (Å²) in [6.07, 6.45) is 2.39. The molecule has 0 radical (unpaired) electrons. The maximum atomic E-state index is 8.70. The zero-order valence-electron chi connectivity index (χ0n) is 4.90. The molecule has 0 rings (SSSR count). The highest BCUT2D eigenvalue weighted by Crippen LogP contribution is 1.98. The van der Waals surface area contributed by atoms with Gasteiger partial charge in [0.1, 0.15) is 0 Å². The molecule has 0 aromatic carbocycles. The van der Waals surface area contributed by atoms with Crippen molar-refractivity contribution in [1.29, 1.82) is 0 Å². The predicted octanol–water partition coefficient (Wildman–Crippen LogP) is 0.183. The van der Waals surface area contributed by atoms with E-state index in [2.05, 4.69) is 6.58 Å². The first-order chi connectivity index (χ1) is 4.15. The highest BCUT2D eigenvalue weighted by molar-refractivity contribution is 7.30. The molecule has 0 bridgehead atoms. The summed E-state index contributed by atoms with van der Waals surface area (Å²) >= 11 is 0. The van der Waals surface area contributed by atoms with Gasteiger partial charge in [-0.05, 0) is 6.42 Å². The molecule has 54 valence electrons. The van der Waals surface area contributed by atoms with E-state index in [1.54, 1.807) is 6.08 Å². The Hall–Kier alpha value is -0.280. The quantitative estimate of drug-likeness (QED) is 0.390. The standard InChI is InChI=1S/C4H8O.HO3P/c1-2-3-4-5;1-4(2)3/h2,5H,1,3-4H2;(H-,1,2,3)/p+1. The monoisotopic (exact) mass is 153 g/mol. The maximum Gasteiger partial charge on any atom is 0.692 e. The summed E-state index contributed by atoms with van der Waals surface area (Å²) in [5.74, 6) is 0. The third-order valence-electron chi connectivity index (χ3n) is 0.333. The third kappa shape index (κ3) is 85.4. The molecule has 9 heavy (non-hydrogen) atoms. The van der Waals surface area contributed by atoms with Crippen molar-refractivity contribution >= 4 is 8.25 Å². The topological polar surface area (TPSA) is 77.8 Å². The average molecular weight is 153 g/mol. The number of hydrogen-bond acceptors (Lipinski definition) is 2. The fourth-order valence-electron chi connectivity index (χ4n) is 0.0913. The van der Waals surface area contributed by atoms with E-state index in [9.17, 15) is 0 Å². The van der Waals surface area contributed by atoms with Crippen LogP contribution in [0.25, 0.3) is 0 Å². The van der Waals surface area contributed by atoms with E-state index in [0.717, 1.165) is 0 Å². The Morgan fingerprint density at radius 2 is 1.89 bits per heavy atom. The molecule has 0 aliphatic carbocycles. The zero-order valence-corrected chi connectivity index (χ0v) is 5.79. The molecule has 0 atom stereocenters. The number of aliphatic hydroxyl groups excluding tert-OH is 1. The maximum absolute atomic E-state index is 8.70. The van der Waals surface area contributed by atoms with Crippen molar-refractivity contribution in [3.05, 3.63) is 12.7 Å².